The predicted octanol–water partition coefficient (Wildman–Crippen LogP) is 3.63. The fraction of sp³-hybridized carbons (Fsp3) is 0.300. The number of urea groups is 1. The zero-order valence-electron chi connectivity index (χ0n) is 22.1. The Balaban J connectivity index is 0.00000405. The number of nitrogens with one attached hydrogen (secondary N) is 1. The van der Waals surface area contributed by atoms with Gasteiger partial charge in [0.1, 0.15) is 18.0 Å². The van der Waals surface area contributed by atoms with Crippen LogP contribution in [0.15, 0.2) is 66.7 Å². The number of fused-ring (bicyclic) bond motifs is 1. The molecule has 5 rings (SSSR count). The number of rotatable bonds is 6. The fourth-order valence-corrected chi connectivity index (χ4v) is 5.28. The van der Waals surface area contributed by atoms with E-state index in [1.165, 1.54) is 32.0 Å². The molecule has 9 nitrogen and oxygen atoms in total. The average Bonchev–Trinajstić information content (AvgIpc) is 2.94. The van der Waals surface area contributed by atoms with Crippen molar-refractivity contribution in [3.63, 3.8) is 0 Å². The maximum absolute atomic E-state index is 14.0. The van der Waals surface area contributed by atoms with Crippen LogP contribution in [0.3, 0.4) is 0 Å². The van der Waals surface area contributed by atoms with Crippen molar-refractivity contribution in [2.45, 2.75) is 39.1 Å². The van der Waals surface area contributed by atoms with Crippen LogP contribution in [0, 0.1) is 17.5 Å². The van der Waals surface area contributed by atoms with Gasteiger partial charge >= 0.3 is 6.03 Å². The van der Waals surface area contributed by atoms with E-state index in [0.29, 0.717) is 5.56 Å². The summed E-state index contributed by atoms with van der Waals surface area (Å²) in [6, 6.07) is 15.5. The summed E-state index contributed by atoms with van der Waals surface area (Å²) in [6.07, 6.45) is -0.875. The van der Waals surface area contributed by atoms with Crippen LogP contribution in [-0.4, -0.2) is 75.1 Å². The lowest BCUT2D eigenvalue weighted by Crippen LogP contribution is -2.76. The number of amides is 4. The number of aromatic hydroxyl groups is 1. The fourth-order valence-electron chi connectivity index (χ4n) is 5.28. The van der Waals surface area contributed by atoms with E-state index in [4.69, 9.17) is 0 Å². The lowest BCUT2D eigenvalue weighted by Gasteiger charge is -2.54. The number of halogens is 3. The monoisotopic (exact) mass is 583 g/mol. The Morgan fingerprint density at radius 1 is 0.952 bits per heavy atom. The Labute approximate surface area is 241 Å². The summed E-state index contributed by atoms with van der Waals surface area (Å²) < 4.78 is 41.6. The lowest BCUT2D eigenvalue weighted by atomic mass is 9.98. The van der Waals surface area contributed by atoms with Crippen LogP contribution in [0.4, 0.5) is 18.0 Å². The highest BCUT2D eigenvalue weighted by atomic mass is 19.2. The second-order valence-corrected chi connectivity index (χ2v) is 10.1. The van der Waals surface area contributed by atoms with Gasteiger partial charge in [0.15, 0.2) is 17.5 Å². The molecular formula is C30H32F3N5O4. The Morgan fingerprint density at radius 2 is 1.60 bits per heavy atom. The molecule has 2 N–H and O–H groups in total. The van der Waals surface area contributed by atoms with E-state index in [2.05, 4.69) is 5.32 Å². The van der Waals surface area contributed by atoms with E-state index >= 15 is 0 Å². The second kappa shape index (κ2) is 12.5. The minimum absolute atomic E-state index is 0. The predicted molar refractivity (Wildman–Crippen MR) is 148 cm³/mol. The van der Waals surface area contributed by atoms with Crippen molar-refractivity contribution in [3.8, 4) is 5.75 Å². The maximum Gasteiger partial charge on any atom is 0.334 e. The Hall–Kier alpha value is -4.58. The minimum Gasteiger partial charge on any atom is -0.508 e. The van der Waals surface area contributed by atoms with E-state index in [0.717, 1.165) is 17.7 Å². The minimum atomic E-state index is -1.61. The van der Waals surface area contributed by atoms with Crippen LogP contribution in [0.2, 0.25) is 0 Å². The molecule has 4 amide bonds. The molecule has 2 atom stereocenters. The molecule has 2 heterocycles. The zero-order chi connectivity index (χ0) is 29.3. The largest absolute Gasteiger partial charge is 0.508 e. The smallest absolute Gasteiger partial charge is 0.334 e. The molecule has 42 heavy (non-hydrogen) atoms. The first-order valence-electron chi connectivity index (χ1n) is 13.0. The van der Waals surface area contributed by atoms with Crippen LogP contribution in [-0.2, 0) is 29.1 Å². The van der Waals surface area contributed by atoms with E-state index in [1.807, 2.05) is 30.3 Å². The number of phenols is 1. The van der Waals surface area contributed by atoms with E-state index in [-0.39, 0.29) is 57.2 Å². The summed E-state index contributed by atoms with van der Waals surface area (Å²) in [5, 5.41) is 15.4. The Bertz CT molecular complexity index is 1430. The number of likely N-dealkylation sites (N-methyl/N-ethyl adjacent to an activating group) is 1. The van der Waals surface area contributed by atoms with Crippen LogP contribution < -0.4 is 5.32 Å². The zero-order valence-corrected chi connectivity index (χ0v) is 22.1. The first kappa shape index (κ1) is 30.4. The molecule has 1 unspecified atom stereocenters. The Morgan fingerprint density at radius 3 is 2.24 bits per heavy atom. The van der Waals surface area contributed by atoms with Gasteiger partial charge < -0.3 is 20.2 Å². The van der Waals surface area contributed by atoms with Crippen molar-refractivity contribution in [1.82, 2.24) is 25.1 Å². The summed E-state index contributed by atoms with van der Waals surface area (Å²) in [4.78, 5) is 43.3. The van der Waals surface area contributed by atoms with Gasteiger partial charge in [0.2, 0.25) is 11.8 Å². The number of carbonyl (C=O) groups is 3. The molecule has 12 heteroatoms. The molecule has 3 aromatic rings. The molecule has 2 aliphatic heterocycles. The molecule has 0 spiro atoms. The molecule has 0 radical (unpaired) electrons. The average molecular weight is 584 g/mol. The van der Waals surface area contributed by atoms with Gasteiger partial charge in [-0.1, -0.05) is 49.9 Å². The third-order valence-corrected chi connectivity index (χ3v) is 7.22. The van der Waals surface area contributed by atoms with Gasteiger partial charge in [-0.3, -0.25) is 9.59 Å². The third kappa shape index (κ3) is 6.18. The maximum atomic E-state index is 14.0. The van der Waals surface area contributed by atoms with Gasteiger partial charge in [-0.25, -0.2) is 28.0 Å². The van der Waals surface area contributed by atoms with Crippen molar-refractivity contribution in [3.05, 3.63) is 101 Å². The van der Waals surface area contributed by atoms with E-state index < -0.39 is 41.6 Å². The van der Waals surface area contributed by atoms with E-state index in [1.54, 1.807) is 19.2 Å². The van der Waals surface area contributed by atoms with Gasteiger partial charge in [-0.2, -0.15) is 0 Å². The number of carbonyl (C=O) groups excluding carboxylic acids is 3. The molecule has 0 aliphatic carbocycles. The molecule has 2 saturated heterocycles. The van der Waals surface area contributed by atoms with Crippen molar-refractivity contribution < 1.29 is 32.7 Å². The summed E-state index contributed by atoms with van der Waals surface area (Å²) in [5.74, 6) is -5.24. The summed E-state index contributed by atoms with van der Waals surface area (Å²) in [6.45, 7) is -0.373. The summed E-state index contributed by atoms with van der Waals surface area (Å²) in [7, 11) is 1.58. The number of hydrogen-bond donors (Lipinski definition) is 2. The van der Waals surface area contributed by atoms with Crippen LogP contribution >= 0.6 is 0 Å². The molecule has 0 aromatic heterocycles. The van der Waals surface area contributed by atoms with Crippen LogP contribution in [0.1, 0.15) is 24.1 Å². The SMILES string of the molecule is C.CN1CC(=O)N2C(CN(Cc3cc(F)c(F)c(F)c3)C(=O)[C@@H]2Cc2ccc(O)cc2)N1C(=O)NCc1ccccc1. The summed E-state index contributed by atoms with van der Waals surface area (Å²) >= 11 is 0. The number of hydrogen-bond acceptors (Lipinski definition) is 5. The molecule has 0 saturated carbocycles. The van der Waals surface area contributed by atoms with Crippen molar-refractivity contribution in [2.75, 3.05) is 20.1 Å². The quantitative estimate of drug-likeness (QED) is 0.433. The van der Waals surface area contributed by atoms with Gasteiger partial charge in [-0.05, 0) is 41.0 Å². The number of phenolic OH excluding ortho intramolecular Hbond substituents is 1. The van der Waals surface area contributed by atoms with Gasteiger partial charge in [0.25, 0.3) is 0 Å². The highest BCUT2D eigenvalue weighted by Gasteiger charge is 2.50. The first-order chi connectivity index (χ1) is 19.6. The van der Waals surface area contributed by atoms with Crippen molar-refractivity contribution >= 4 is 17.8 Å². The number of piperazine rings is 1. The molecule has 0 bridgehead atoms. The van der Waals surface area contributed by atoms with E-state index in [9.17, 15) is 32.7 Å². The second-order valence-electron chi connectivity index (χ2n) is 10.1. The van der Waals surface area contributed by atoms with Crippen LogP contribution in [0.25, 0.3) is 0 Å². The van der Waals surface area contributed by atoms with Crippen molar-refractivity contribution in [1.29, 1.82) is 0 Å². The lowest BCUT2D eigenvalue weighted by molar-refractivity contribution is -0.187. The highest BCUT2D eigenvalue weighted by Crippen LogP contribution is 2.29. The molecule has 2 fully saturated rings. The van der Waals surface area contributed by atoms with Gasteiger partial charge in [0, 0.05) is 26.6 Å². The molecule has 3 aromatic carbocycles. The molecular weight excluding hydrogens is 551 g/mol. The number of hydrazine groups is 1. The van der Waals surface area contributed by atoms with Crippen LogP contribution in [0.5, 0.6) is 5.75 Å². The standard InChI is InChI=1S/C29H28F3N5O4.CH4/c1-34-17-26(39)36-24(13-18-7-9-21(38)10-8-18)28(40)35(15-20-11-22(30)27(32)23(31)12-20)16-25(36)37(34)29(41)33-14-19-5-3-2-4-6-19;/h2-12,24-25,38H,13-17H2,1H3,(H,33,41);1H4/t24-,25?;/m0./s1. The number of nitrogens with zero attached hydrogens (tertiary/aromatic N) is 4. The van der Waals surface area contributed by atoms with Crippen molar-refractivity contribution in [2.24, 2.45) is 0 Å². The first-order valence-corrected chi connectivity index (χ1v) is 13.0. The normalized spacial score (nSPS) is 18.9. The number of benzene rings is 3. The molecule has 2 aliphatic rings. The summed E-state index contributed by atoms with van der Waals surface area (Å²) in [5.41, 5.74) is 1.52. The highest BCUT2D eigenvalue weighted by molar-refractivity contribution is 5.91. The van der Waals surface area contributed by atoms with Gasteiger partial charge in [0.05, 0.1) is 13.1 Å². The van der Waals surface area contributed by atoms with Gasteiger partial charge in [-0.15, -0.1) is 0 Å². The molecule has 222 valence electrons. The topological polar surface area (TPSA) is 96.4 Å². The Kier molecular flexibility index (Phi) is 9.05. The third-order valence-electron chi connectivity index (χ3n) is 7.22.